The predicted octanol–water partition coefficient (Wildman–Crippen LogP) is -2.13. The van der Waals surface area contributed by atoms with Crippen molar-refractivity contribution in [2.24, 2.45) is 0 Å². The van der Waals surface area contributed by atoms with Crippen LogP contribution in [-0.2, 0) is 11.2 Å². The Kier molecular flexibility index (Phi) is 7.22. The molecule has 0 aliphatic heterocycles. The van der Waals surface area contributed by atoms with E-state index >= 15 is 0 Å². The summed E-state index contributed by atoms with van der Waals surface area (Å²) >= 11 is 0. The second-order valence-corrected chi connectivity index (χ2v) is 4.85. The molecule has 0 spiro atoms. The number of phenolic OH excluding ortho intramolecular Hbond substituents is 2. The van der Waals surface area contributed by atoms with Crippen LogP contribution in [-0.4, -0.2) is 74.4 Å². The topological polar surface area (TPSA) is 150 Å². The van der Waals surface area contributed by atoms with Gasteiger partial charge in [0.25, 0.3) is 0 Å². The fourth-order valence-electron chi connectivity index (χ4n) is 1.90. The van der Waals surface area contributed by atoms with Crippen molar-refractivity contribution < 1.29 is 35.4 Å². The van der Waals surface area contributed by atoms with Crippen LogP contribution in [0.15, 0.2) is 18.2 Å². The summed E-state index contributed by atoms with van der Waals surface area (Å²) in [4.78, 5) is 11.8. The third-order valence-electron chi connectivity index (χ3n) is 3.22. The molecule has 124 valence electrons. The first-order valence-corrected chi connectivity index (χ1v) is 6.76. The van der Waals surface area contributed by atoms with Gasteiger partial charge in [-0.15, -0.1) is 0 Å². The van der Waals surface area contributed by atoms with Gasteiger partial charge in [0.05, 0.1) is 19.3 Å². The molecule has 0 radical (unpaired) electrons. The fourth-order valence-corrected chi connectivity index (χ4v) is 1.90. The second-order valence-electron chi connectivity index (χ2n) is 4.85. The molecule has 0 unspecified atom stereocenters. The number of aliphatic hydroxyl groups is 4. The van der Waals surface area contributed by atoms with E-state index in [1.165, 1.54) is 18.2 Å². The first-order chi connectivity index (χ1) is 10.4. The summed E-state index contributed by atoms with van der Waals surface area (Å²) in [6.45, 7) is -1.20. The van der Waals surface area contributed by atoms with Crippen molar-refractivity contribution >= 4 is 5.78 Å². The lowest BCUT2D eigenvalue weighted by Gasteiger charge is -2.21. The van der Waals surface area contributed by atoms with Gasteiger partial charge in [0.15, 0.2) is 5.78 Å². The van der Waals surface area contributed by atoms with E-state index in [2.05, 4.69) is 5.32 Å². The van der Waals surface area contributed by atoms with Gasteiger partial charge in [-0.2, -0.15) is 0 Å². The lowest BCUT2D eigenvalue weighted by molar-refractivity contribution is -0.137. The lowest BCUT2D eigenvalue weighted by Crippen LogP contribution is -2.50. The minimum atomic E-state index is -1.80. The van der Waals surface area contributed by atoms with E-state index in [1.807, 2.05) is 0 Å². The smallest absolute Gasteiger partial charge is 0.183 e. The SMILES string of the molecule is O=C([C@H](CO)NCCc1cc(O)ccc1O)[C@@H](O)[C@H](O)CO. The molecule has 0 aliphatic rings. The quantitative estimate of drug-likeness (QED) is 0.255. The Morgan fingerprint density at radius 2 is 1.82 bits per heavy atom. The predicted molar refractivity (Wildman–Crippen MR) is 76.5 cm³/mol. The van der Waals surface area contributed by atoms with Gasteiger partial charge in [-0.1, -0.05) is 0 Å². The van der Waals surface area contributed by atoms with E-state index in [-0.39, 0.29) is 24.5 Å². The van der Waals surface area contributed by atoms with Gasteiger partial charge in [0.1, 0.15) is 23.7 Å². The molecule has 8 nitrogen and oxygen atoms in total. The molecule has 0 heterocycles. The maximum Gasteiger partial charge on any atom is 0.183 e. The van der Waals surface area contributed by atoms with Crippen LogP contribution in [0.2, 0.25) is 0 Å². The standard InChI is InChI=1S/C14H21NO7/c16-6-10(13(21)14(22)12(20)7-17)15-4-3-8-5-9(18)1-2-11(8)19/h1-2,5,10,12,14-20,22H,3-4,6-7H2/t10-,12+,14-/m0/s1. The van der Waals surface area contributed by atoms with E-state index in [0.717, 1.165) is 0 Å². The molecule has 7 N–H and O–H groups in total. The van der Waals surface area contributed by atoms with E-state index in [4.69, 9.17) is 10.2 Å². The van der Waals surface area contributed by atoms with E-state index in [0.29, 0.717) is 5.56 Å². The average Bonchev–Trinajstić information content (AvgIpc) is 2.52. The van der Waals surface area contributed by atoms with Gasteiger partial charge >= 0.3 is 0 Å². The summed E-state index contributed by atoms with van der Waals surface area (Å²) < 4.78 is 0. The molecule has 0 amide bonds. The van der Waals surface area contributed by atoms with Crippen LogP contribution in [0.1, 0.15) is 5.56 Å². The summed E-state index contributed by atoms with van der Waals surface area (Å²) in [6, 6.07) is 2.92. The number of Topliss-reactive ketones (excluding diaryl/α,β-unsaturated/α-hetero) is 1. The molecule has 3 atom stereocenters. The Labute approximate surface area is 127 Å². The number of phenols is 2. The maximum absolute atomic E-state index is 11.8. The number of rotatable bonds is 9. The Morgan fingerprint density at radius 3 is 2.41 bits per heavy atom. The molecule has 22 heavy (non-hydrogen) atoms. The molecular weight excluding hydrogens is 294 g/mol. The van der Waals surface area contributed by atoms with Crippen LogP contribution >= 0.6 is 0 Å². The van der Waals surface area contributed by atoms with Crippen LogP contribution in [0.3, 0.4) is 0 Å². The van der Waals surface area contributed by atoms with Gasteiger partial charge in [-0.25, -0.2) is 0 Å². The Bertz CT molecular complexity index is 494. The van der Waals surface area contributed by atoms with E-state index in [1.54, 1.807) is 0 Å². The number of ketones is 1. The highest BCUT2D eigenvalue weighted by molar-refractivity contribution is 5.88. The molecule has 0 saturated heterocycles. The molecule has 1 aromatic carbocycles. The van der Waals surface area contributed by atoms with Gasteiger partial charge < -0.3 is 36.0 Å². The largest absolute Gasteiger partial charge is 0.508 e. The summed E-state index contributed by atoms with van der Waals surface area (Å²) in [5.74, 6) is -0.865. The van der Waals surface area contributed by atoms with Gasteiger partial charge in [0, 0.05) is 6.54 Å². The monoisotopic (exact) mass is 315 g/mol. The van der Waals surface area contributed by atoms with Crippen LogP contribution in [0, 0.1) is 0 Å². The minimum Gasteiger partial charge on any atom is -0.508 e. The molecule has 0 aromatic heterocycles. The molecular formula is C14H21NO7. The summed E-state index contributed by atoms with van der Waals surface area (Å²) in [5.41, 5.74) is 0.451. The third-order valence-corrected chi connectivity index (χ3v) is 3.22. The van der Waals surface area contributed by atoms with E-state index < -0.39 is 37.2 Å². The maximum atomic E-state index is 11.8. The number of aromatic hydroxyl groups is 2. The van der Waals surface area contributed by atoms with Crippen LogP contribution in [0.25, 0.3) is 0 Å². The van der Waals surface area contributed by atoms with Crippen LogP contribution in [0.4, 0.5) is 0 Å². The molecule has 1 aromatic rings. The van der Waals surface area contributed by atoms with Crippen LogP contribution in [0.5, 0.6) is 11.5 Å². The van der Waals surface area contributed by atoms with Crippen molar-refractivity contribution in [2.75, 3.05) is 19.8 Å². The first kappa shape index (κ1) is 18.3. The molecule has 0 aliphatic carbocycles. The minimum absolute atomic E-state index is 0.0101. The van der Waals surface area contributed by atoms with E-state index in [9.17, 15) is 25.2 Å². The zero-order valence-corrected chi connectivity index (χ0v) is 11.9. The number of hydrogen-bond donors (Lipinski definition) is 7. The zero-order chi connectivity index (χ0) is 16.7. The van der Waals surface area contributed by atoms with Crippen molar-refractivity contribution in [1.82, 2.24) is 5.32 Å². The van der Waals surface area contributed by atoms with Crippen molar-refractivity contribution in [3.05, 3.63) is 23.8 Å². The Balaban J connectivity index is 2.57. The zero-order valence-electron chi connectivity index (χ0n) is 11.9. The van der Waals surface area contributed by atoms with Crippen molar-refractivity contribution in [3.8, 4) is 11.5 Å². The molecule has 0 bridgehead atoms. The van der Waals surface area contributed by atoms with Gasteiger partial charge in [-0.05, 0) is 30.2 Å². The van der Waals surface area contributed by atoms with Crippen LogP contribution < -0.4 is 5.32 Å². The number of carbonyl (C=O) groups excluding carboxylic acids is 1. The normalized spacial score (nSPS) is 15.3. The lowest BCUT2D eigenvalue weighted by atomic mass is 10.0. The fraction of sp³-hybridized carbons (Fsp3) is 0.500. The number of nitrogens with one attached hydrogen (secondary N) is 1. The van der Waals surface area contributed by atoms with Crippen molar-refractivity contribution in [3.63, 3.8) is 0 Å². The Morgan fingerprint density at radius 1 is 1.14 bits per heavy atom. The highest BCUT2D eigenvalue weighted by Gasteiger charge is 2.29. The third kappa shape index (κ3) is 4.93. The summed E-state index contributed by atoms with van der Waals surface area (Å²) in [7, 11) is 0. The molecule has 0 saturated carbocycles. The summed E-state index contributed by atoms with van der Waals surface area (Å²) in [5, 5.41) is 58.2. The highest BCUT2D eigenvalue weighted by Crippen LogP contribution is 2.22. The number of hydrogen-bond acceptors (Lipinski definition) is 8. The number of aliphatic hydroxyl groups excluding tert-OH is 4. The average molecular weight is 315 g/mol. The molecule has 8 heteroatoms. The van der Waals surface area contributed by atoms with Gasteiger partial charge in [-0.3, -0.25) is 4.79 Å². The molecule has 1 rings (SSSR count). The number of benzene rings is 1. The highest BCUT2D eigenvalue weighted by atomic mass is 16.4. The first-order valence-electron chi connectivity index (χ1n) is 6.76. The Hall–Kier alpha value is -1.71. The number of carbonyl (C=O) groups is 1. The van der Waals surface area contributed by atoms with Crippen molar-refractivity contribution in [1.29, 1.82) is 0 Å². The summed E-state index contributed by atoms with van der Waals surface area (Å²) in [6.07, 6.45) is -3.15. The van der Waals surface area contributed by atoms with Gasteiger partial charge in [0.2, 0.25) is 0 Å². The second kappa shape index (κ2) is 8.66. The van der Waals surface area contributed by atoms with Crippen molar-refractivity contribution in [2.45, 2.75) is 24.7 Å². The molecule has 0 fully saturated rings.